The zero-order valence-electron chi connectivity index (χ0n) is 13.3. The van der Waals surface area contributed by atoms with Gasteiger partial charge in [0.2, 0.25) is 5.91 Å². The Labute approximate surface area is 151 Å². The standard InChI is InChI=1S/C16H19ClN2O3S2/c1-2-3-8-15(20)18-16-19(12-7-5-4-6-11(12)17)13-9-24(21,22)10-14(13)23-16/h4-7,13-14H,2-3,8-10H2,1H3/t13-,14+/m0/s1. The molecule has 3 rings (SSSR count). The lowest BCUT2D eigenvalue weighted by Gasteiger charge is -2.25. The molecule has 2 saturated heterocycles. The maximum absolute atomic E-state index is 12.1. The van der Waals surface area contributed by atoms with Crippen LogP contribution in [-0.4, -0.2) is 42.3 Å². The fourth-order valence-electron chi connectivity index (χ4n) is 2.98. The number of benzene rings is 1. The van der Waals surface area contributed by atoms with Crippen molar-refractivity contribution in [2.45, 2.75) is 37.5 Å². The maximum Gasteiger partial charge on any atom is 0.248 e. The Bertz CT molecular complexity index is 779. The van der Waals surface area contributed by atoms with Gasteiger partial charge in [-0.1, -0.05) is 48.8 Å². The van der Waals surface area contributed by atoms with Gasteiger partial charge in [-0.3, -0.25) is 4.79 Å². The van der Waals surface area contributed by atoms with Gasteiger partial charge in [-0.25, -0.2) is 8.42 Å². The monoisotopic (exact) mass is 386 g/mol. The number of aliphatic imine (C=N–C) groups is 1. The van der Waals surface area contributed by atoms with Crippen LogP contribution in [0.15, 0.2) is 29.3 Å². The molecule has 2 heterocycles. The normalized spacial score (nSPS) is 26.8. The second-order valence-electron chi connectivity index (χ2n) is 6.01. The Kier molecular flexibility index (Phi) is 5.22. The van der Waals surface area contributed by atoms with Crippen LogP contribution in [0.4, 0.5) is 5.69 Å². The van der Waals surface area contributed by atoms with Crippen LogP contribution in [0.2, 0.25) is 5.02 Å². The number of hydrogen-bond acceptors (Lipinski definition) is 4. The Morgan fingerprint density at radius 2 is 2.12 bits per heavy atom. The summed E-state index contributed by atoms with van der Waals surface area (Å²) in [6, 6.07) is 7.04. The molecule has 8 heteroatoms. The second-order valence-corrected chi connectivity index (χ2v) is 9.78. The zero-order valence-corrected chi connectivity index (χ0v) is 15.7. The number of unbranched alkanes of at least 4 members (excludes halogenated alkanes) is 1. The van der Waals surface area contributed by atoms with E-state index in [1.165, 1.54) is 11.8 Å². The smallest absolute Gasteiger partial charge is 0.248 e. The number of nitrogens with zero attached hydrogens (tertiary/aromatic N) is 2. The van der Waals surface area contributed by atoms with Gasteiger partial charge in [0.1, 0.15) is 0 Å². The summed E-state index contributed by atoms with van der Waals surface area (Å²) in [6.07, 6.45) is 2.14. The van der Waals surface area contributed by atoms with E-state index in [0.717, 1.165) is 12.8 Å². The van der Waals surface area contributed by atoms with Crippen LogP contribution in [0, 0.1) is 0 Å². The molecule has 130 valence electrons. The van der Waals surface area contributed by atoms with E-state index in [-0.39, 0.29) is 28.7 Å². The van der Waals surface area contributed by atoms with E-state index in [1.54, 1.807) is 6.07 Å². The number of fused-ring (bicyclic) bond motifs is 1. The van der Waals surface area contributed by atoms with Crippen molar-refractivity contribution in [2.24, 2.45) is 4.99 Å². The third-order valence-corrected chi connectivity index (χ3v) is 7.67. The van der Waals surface area contributed by atoms with Crippen molar-refractivity contribution in [2.75, 3.05) is 16.4 Å². The summed E-state index contributed by atoms with van der Waals surface area (Å²) in [5.41, 5.74) is 0.707. The quantitative estimate of drug-likeness (QED) is 0.795. The highest BCUT2D eigenvalue weighted by Crippen LogP contribution is 2.42. The van der Waals surface area contributed by atoms with Crippen molar-refractivity contribution in [1.29, 1.82) is 0 Å². The Morgan fingerprint density at radius 1 is 1.38 bits per heavy atom. The minimum atomic E-state index is -3.07. The number of rotatable bonds is 4. The summed E-state index contributed by atoms with van der Waals surface area (Å²) >= 11 is 7.69. The van der Waals surface area contributed by atoms with E-state index in [1.807, 2.05) is 30.0 Å². The topological polar surface area (TPSA) is 66.8 Å². The lowest BCUT2D eigenvalue weighted by Crippen LogP contribution is -2.37. The number of thioether (sulfide) groups is 1. The van der Waals surface area contributed by atoms with Crippen LogP contribution in [0.3, 0.4) is 0 Å². The predicted molar refractivity (Wildman–Crippen MR) is 99.7 cm³/mol. The van der Waals surface area contributed by atoms with Gasteiger partial charge in [-0.05, 0) is 18.6 Å². The molecule has 0 saturated carbocycles. The van der Waals surface area contributed by atoms with Gasteiger partial charge in [0.05, 0.1) is 28.3 Å². The predicted octanol–water partition coefficient (Wildman–Crippen LogP) is 3.13. The molecule has 1 aromatic carbocycles. The fraction of sp³-hybridized carbons (Fsp3) is 0.500. The summed E-state index contributed by atoms with van der Waals surface area (Å²) in [5, 5.41) is 0.981. The molecular weight excluding hydrogens is 368 g/mol. The van der Waals surface area contributed by atoms with Gasteiger partial charge in [-0.15, -0.1) is 0 Å². The summed E-state index contributed by atoms with van der Waals surface area (Å²) < 4.78 is 24.0. The molecule has 0 N–H and O–H groups in total. The molecular formula is C16H19ClN2O3S2. The SMILES string of the molecule is CCCCC(=O)N=C1S[C@@H]2CS(=O)(=O)C[C@@H]2N1c1ccccc1Cl. The van der Waals surface area contributed by atoms with Gasteiger partial charge in [-0.2, -0.15) is 4.99 Å². The summed E-state index contributed by atoms with van der Waals surface area (Å²) in [5.74, 6) is 0.0167. The average Bonchev–Trinajstić information content (AvgIpc) is 2.97. The third kappa shape index (κ3) is 3.63. The van der Waals surface area contributed by atoms with Gasteiger partial charge in [0.25, 0.3) is 0 Å². The number of para-hydroxylation sites is 1. The van der Waals surface area contributed by atoms with Gasteiger partial charge in [0, 0.05) is 11.7 Å². The molecule has 0 aromatic heterocycles. The first kappa shape index (κ1) is 17.8. The number of amides is 1. The molecule has 1 aromatic rings. The fourth-order valence-corrected chi connectivity index (χ4v) is 7.13. The van der Waals surface area contributed by atoms with Crippen molar-refractivity contribution in [3.63, 3.8) is 0 Å². The molecule has 0 spiro atoms. The summed E-state index contributed by atoms with van der Waals surface area (Å²) in [4.78, 5) is 18.2. The van der Waals surface area contributed by atoms with E-state index in [0.29, 0.717) is 22.3 Å². The molecule has 0 unspecified atom stereocenters. The van der Waals surface area contributed by atoms with Gasteiger partial charge >= 0.3 is 0 Å². The van der Waals surface area contributed by atoms with Crippen LogP contribution >= 0.6 is 23.4 Å². The Morgan fingerprint density at radius 3 is 2.83 bits per heavy atom. The number of halogens is 1. The molecule has 0 radical (unpaired) electrons. The number of anilines is 1. The van der Waals surface area contributed by atoms with Crippen molar-refractivity contribution in [1.82, 2.24) is 0 Å². The number of carbonyl (C=O) groups excluding carboxylic acids is 1. The van der Waals surface area contributed by atoms with Crippen LogP contribution in [-0.2, 0) is 14.6 Å². The van der Waals surface area contributed by atoms with Crippen LogP contribution in [0.5, 0.6) is 0 Å². The Balaban J connectivity index is 1.96. The first-order valence-electron chi connectivity index (χ1n) is 7.93. The first-order valence-corrected chi connectivity index (χ1v) is 11.0. The molecule has 0 bridgehead atoms. The second kappa shape index (κ2) is 7.06. The minimum Gasteiger partial charge on any atom is -0.314 e. The lowest BCUT2D eigenvalue weighted by molar-refractivity contribution is -0.117. The molecule has 2 aliphatic heterocycles. The molecule has 2 aliphatic rings. The van der Waals surface area contributed by atoms with Gasteiger partial charge < -0.3 is 4.90 Å². The van der Waals surface area contributed by atoms with E-state index >= 15 is 0 Å². The van der Waals surface area contributed by atoms with Crippen LogP contribution < -0.4 is 4.90 Å². The van der Waals surface area contributed by atoms with E-state index < -0.39 is 9.84 Å². The summed E-state index contributed by atoms with van der Waals surface area (Å²) in [6.45, 7) is 2.02. The number of hydrogen-bond donors (Lipinski definition) is 0. The van der Waals surface area contributed by atoms with Crippen molar-refractivity contribution >= 4 is 50.0 Å². The highest BCUT2D eigenvalue weighted by atomic mass is 35.5. The Hall–Kier alpha value is -1.05. The van der Waals surface area contributed by atoms with E-state index in [2.05, 4.69) is 4.99 Å². The van der Waals surface area contributed by atoms with Gasteiger partial charge in [0.15, 0.2) is 15.0 Å². The summed E-state index contributed by atoms with van der Waals surface area (Å²) in [7, 11) is -3.07. The largest absolute Gasteiger partial charge is 0.314 e. The minimum absolute atomic E-state index is 0.0675. The third-order valence-electron chi connectivity index (χ3n) is 4.14. The number of sulfone groups is 1. The number of amidine groups is 1. The molecule has 0 aliphatic carbocycles. The van der Waals surface area contributed by atoms with Crippen molar-refractivity contribution in [3.05, 3.63) is 29.3 Å². The molecule has 2 atom stereocenters. The van der Waals surface area contributed by atoms with Crippen LogP contribution in [0.25, 0.3) is 0 Å². The average molecular weight is 387 g/mol. The zero-order chi connectivity index (χ0) is 17.3. The molecule has 5 nitrogen and oxygen atoms in total. The maximum atomic E-state index is 12.1. The first-order chi connectivity index (χ1) is 11.4. The molecule has 1 amide bonds. The number of carbonyl (C=O) groups is 1. The molecule has 24 heavy (non-hydrogen) atoms. The lowest BCUT2D eigenvalue weighted by atomic mass is 10.2. The van der Waals surface area contributed by atoms with Crippen LogP contribution in [0.1, 0.15) is 26.2 Å². The highest BCUT2D eigenvalue weighted by Gasteiger charge is 2.49. The molecule has 2 fully saturated rings. The van der Waals surface area contributed by atoms with Crippen molar-refractivity contribution in [3.8, 4) is 0 Å². The van der Waals surface area contributed by atoms with E-state index in [9.17, 15) is 13.2 Å². The van der Waals surface area contributed by atoms with Crippen molar-refractivity contribution < 1.29 is 13.2 Å². The van der Waals surface area contributed by atoms with E-state index in [4.69, 9.17) is 11.6 Å². The highest BCUT2D eigenvalue weighted by molar-refractivity contribution is 8.16.